The lowest BCUT2D eigenvalue weighted by Crippen LogP contribution is -2.25. The van der Waals surface area contributed by atoms with Gasteiger partial charge in [0.1, 0.15) is 11.5 Å². The Kier molecular flexibility index (Phi) is 6.36. The van der Waals surface area contributed by atoms with Crippen molar-refractivity contribution in [1.29, 1.82) is 0 Å². The lowest BCUT2D eigenvalue weighted by atomic mass is 10.2. The molecule has 0 radical (unpaired) electrons. The third-order valence-electron chi connectivity index (χ3n) is 3.27. The van der Waals surface area contributed by atoms with Crippen molar-refractivity contribution in [3.05, 3.63) is 54.0 Å². The van der Waals surface area contributed by atoms with E-state index in [1.165, 1.54) is 11.8 Å². The van der Waals surface area contributed by atoms with Crippen LogP contribution >= 0.6 is 0 Å². The Morgan fingerprint density at radius 2 is 1.91 bits per heavy atom. The second-order valence-electron chi connectivity index (χ2n) is 5.09. The summed E-state index contributed by atoms with van der Waals surface area (Å²) >= 11 is 0. The Morgan fingerprint density at radius 3 is 2.59 bits per heavy atom. The molecule has 1 amide bonds. The Bertz CT molecular complexity index is 569. The Hall–Kier alpha value is -2.43. The van der Waals surface area contributed by atoms with E-state index in [-0.39, 0.29) is 5.91 Å². The first-order valence-corrected chi connectivity index (χ1v) is 7.67. The van der Waals surface area contributed by atoms with Crippen molar-refractivity contribution in [2.75, 3.05) is 11.9 Å². The molecule has 5 heteroatoms. The number of carbonyl (C=O) groups excluding carboxylic acids is 1. The number of amides is 1. The summed E-state index contributed by atoms with van der Waals surface area (Å²) in [5.74, 6) is 0.490. The molecule has 0 atom stereocenters. The average Bonchev–Trinajstić information content (AvgIpc) is 2.58. The maximum Gasteiger partial charge on any atom is 0.271 e. The number of nitrogens with one attached hydrogen (secondary N) is 2. The van der Waals surface area contributed by atoms with Crippen molar-refractivity contribution in [2.45, 2.75) is 32.7 Å². The second kappa shape index (κ2) is 8.77. The molecule has 116 valence electrons. The number of unbranched alkanes of at least 4 members (excludes halogenated alkanes) is 2. The van der Waals surface area contributed by atoms with Gasteiger partial charge in [-0.15, -0.1) is 0 Å². The zero-order valence-electron chi connectivity index (χ0n) is 12.9. The van der Waals surface area contributed by atoms with Gasteiger partial charge in [-0.05, 0) is 12.0 Å². The van der Waals surface area contributed by atoms with Crippen molar-refractivity contribution in [1.82, 2.24) is 15.3 Å². The predicted octanol–water partition coefficient (Wildman–Crippen LogP) is 3.01. The first-order valence-electron chi connectivity index (χ1n) is 7.67. The number of hydrogen-bond acceptors (Lipinski definition) is 4. The van der Waals surface area contributed by atoms with Crippen LogP contribution in [0.5, 0.6) is 0 Å². The zero-order valence-corrected chi connectivity index (χ0v) is 12.9. The molecule has 2 N–H and O–H groups in total. The van der Waals surface area contributed by atoms with E-state index in [1.807, 2.05) is 30.3 Å². The van der Waals surface area contributed by atoms with Crippen molar-refractivity contribution in [2.24, 2.45) is 0 Å². The molecule has 0 saturated heterocycles. The molecule has 0 aliphatic carbocycles. The highest BCUT2D eigenvalue weighted by Crippen LogP contribution is 2.05. The van der Waals surface area contributed by atoms with Gasteiger partial charge in [-0.3, -0.25) is 4.79 Å². The first-order chi connectivity index (χ1) is 10.8. The molecule has 0 aliphatic rings. The van der Waals surface area contributed by atoms with E-state index in [1.54, 1.807) is 6.20 Å². The minimum Gasteiger partial charge on any atom is -0.365 e. The van der Waals surface area contributed by atoms with E-state index in [4.69, 9.17) is 0 Å². The van der Waals surface area contributed by atoms with Crippen LogP contribution in [0.15, 0.2) is 42.7 Å². The summed E-state index contributed by atoms with van der Waals surface area (Å²) in [5, 5.41) is 6.03. The van der Waals surface area contributed by atoms with Crippen molar-refractivity contribution < 1.29 is 4.79 Å². The minimum absolute atomic E-state index is 0.168. The van der Waals surface area contributed by atoms with Gasteiger partial charge in [-0.2, -0.15) is 0 Å². The molecule has 1 heterocycles. The van der Waals surface area contributed by atoms with Crippen molar-refractivity contribution >= 4 is 11.7 Å². The quantitative estimate of drug-likeness (QED) is 0.735. The van der Waals surface area contributed by atoms with E-state index in [9.17, 15) is 4.79 Å². The molecular formula is C17H22N4O. The van der Waals surface area contributed by atoms with Gasteiger partial charge < -0.3 is 10.6 Å². The highest BCUT2D eigenvalue weighted by atomic mass is 16.1. The summed E-state index contributed by atoms with van der Waals surface area (Å²) in [6.45, 7) is 3.49. The van der Waals surface area contributed by atoms with Gasteiger partial charge in [0.15, 0.2) is 0 Å². The van der Waals surface area contributed by atoms with Gasteiger partial charge in [-0.1, -0.05) is 50.1 Å². The SMILES string of the molecule is CCCCCNC(=O)c1cnc(NCc2ccccc2)cn1. The Labute approximate surface area is 131 Å². The third-order valence-corrected chi connectivity index (χ3v) is 3.27. The molecular weight excluding hydrogens is 276 g/mol. The van der Waals surface area contributed by atoms with Crippen LogP contribution in [0.1, 0.15) is 42.2 Å². The van der Waals surface area contributed by atoms with Gasteiger partial charge in [-0.25, -0.2) is 9.97 Å². The van der Waals surface area contributed by atoms with Crippen LogP contribution in [0.3, 0.4) is 0 Å². The van der Waals surface area contributed by atoms with Gasteiger partial charge in [0.05, 0.1) is 12.4 Å². The summed E-state index contributed by atoms with van der Waals surface area (Å²) in [7, 11) is 0. The predicted molar refractivity (Wildman–Crippen MR) is 87.7 cm³/mol. The zero-order chi connectivity index (χ0) is 15.6. The number of rotatable bonds is 8. The number of nitrogens with zero attached hydrogens (tertiary/aromatic N) is 2. The van der Waals surface area contributed by atoms with Gasteiger partial charge >= 0.3 is 0 Å². The van der Waals surface area contributed by atoms with Gasteiger partial charge in [0, 0.05) is 13.1 Å². The molecule has 2 aromatic rings. The van der Waals surface area contributed by atoms with Crippen LogP contribution in [0.4, 0.5) is 5.82 Å². The fourth-order valence-electron chi connectivity index (χ4n) is 1.99. The summed E-state index contributed by atoms with van der Waals surface area (Å²) in [6, 6.07) is 10.1. The van der Waals surface area contributed by atoms with Gasteiger partial charge in [0.2, 0.25) is 0 Å². The topological polar surface area (TPSA) is 66.9 Å². The molecule has 0 spiro atoms. The maximum atomic E-state index is 11.9. The average molecular weight is 298 g/mol. The van der Waals surface area contributed by atoms with Crippen LogP contribution in [-0.2, 0) is 6.54 Å². The lowest BCUT2D eigenvalue weighted by Gasteiger charge is -2.07. The van der Waals surface area contributed by atoms with Crippen LogP contribution in [-0.4, -0.2) is 22.4 Å². The molecule has 0 fully saturated rings. The molecule has 0 saturated carbocycles. The molecule has 22 heavy (non-hydrogen) atoms. The van der Waals surface area contributed by atoms with E-state index in [0.29, 0.717) is 24.6 Å². The number of benzene rings is 1. The Balaban J connectivity index is 1.81. The van der Waals surface area contributed by atoms with Crippen molar-refractivity contribution in [3.8, 4) is 0 Å². The lowest BCUT2D eigenvalue weighted by molar-refractivity contribution is 0.0947. The summed E-state index contributed by atoms with van der Waals surface area (Å²) < 4.78 is 0. The molecule has 1 aromatic carbocycles. The fraction of sp³-hybridized carbons (Fsp3) is 0.353. The summed E-state index contributed by atoms with van der Waals surface area (Å²) in [6.07, 6.45) is 6.34. The number of anilines is 1. The van der Waals surface area contributed by atoms with Crippen LogP contribution < -0.4 is 10.6 Å². The highest BCUT2D eigenvalue weighted by molar-refractivity contribution is 5.91. The highest BCUT2D eigenvalue weighted by Gasteiger charge is 2.07. The van der Waals surface area contributed by atoms with E-state index in [0.717, 1.165) is 19.3 Å². The largest absolute Gasteiger partial charge is 0.365 e. The normalized spacial score (nSPS) is 10.2. The number of hydrogen-bond donors (Lipinski definition) is 2. The molecule has 0 unspecified atom stereocenters. The Morgan fingerprint density at radius 1 is 1.09 bits per heavy atom. The molecule has 2 rings (SSSR count). The van der Waals surface area contributed by atoms with Crippen LogP contribution in [0.2, 0.25) is 0 Å². The molecule has 1 aromatic heterocycles. The number of carbonyl (C=O) groups is 1. The molecule has 0 aliphatic heterocycles. The smallest absolute Gasteiger partial charge is 0.271 e. The standard InChI is InChI=1S/C17H22N4O/c1-2-3-7-10-18-17(22)15-12-21-16(13-19-15)20-11-14-8-5-4-6-9-14/h4-6,8-9,12-13H,2-3,7,10-11H2,1H3,(H,18,22)(H,20,21). The van der Waals surface area contributed by atoms with Gasteiger partial charge in [0.25, 0.3) is 5.91 Å². The molecule has 0 bridgehead atoms. The minimum atomic E-state index is -0.168. The van der Waals surface area contributed by atoms with Crippen molar-refractivity contribution in [3.63, 3.8) is 0 Å². The maximum absolute atomic E-state index is 11.9. The summed E-state index contributed by atoms with van der Waals surface area (Å²) in [5.41, 5.74) is 1.52. The molecule has 5 nitrogen and oxygen atoms in total. The van der Waals surface area contributed by atoms with Crippen LogP contribution in [0, 0.1) is 0 Å². The first kappa shape index (κ1) is 15.9. The second-order valence-corrected chi connectivity index (χ2v) is 5.09. The van der Waals surface area contributed by atoms with Crippen LogP contribution in [0.25, 0.3) is 0 Å². The van der Waals surface area contributed by atoms with E-state index < -0.39 is 0 Å². The fourth-order valence-corrected chi connectivity index (χ4v) is 1.99. The van der Waals surface area contributed by atoms with E-state index >= 15 is 0 Å². The monoisotopic (exact) mass is 298 g/mol. The summed E-state index contributed by atoms with van der Waals surface area (Å²) in [4.78, 5) is 20.2. The number of aromatic nitrogens is 2. The van der Waals surface area contributed by atoms with E-state index in [2.05, 4.69) is 27.5 Å². The third kappa shape index (κ3) is 5.16.